The molecular weight excluding hydrogens is 430 g/mol. The van der Waals surface area contributed by atoms with Crippen molar-refractivity contribution in [2.45, 2.75) is 12.6 Å². The van der Waals surface area contributed by atoms with Gasteiger partial charge in [-0.15, -0.1) is 0 Å². The van der Waals surface area contributed by atoms with Gasteiger partial charge < -0.3 is 4.90 Å². The molecule has 1 saturated heterocycles. The summed E-state index contributed by atoms with van der Waals surface area (Å²) in [5.41, 5.74) is 2.79. The van der Waals surface area contributed by atoms with Crippen LogP contribution in [0, 0.1) is 5.82 Å². The maximum absolute atomic E-state index is 14.2. The Balaban J connectivity index is 1.64. The van der Waals surface area contributed by atoms with E-state index in [1.807, 2.05) is 48.5 Å². The summed E-state index contributed by atoms with van der Waals surface area (Å²) in [5, 5.41) is 1.93. The van der Waals surface area contributed by atoms with E-state index in [9.17, 15) is 4.39 Å². The monoisotopic (exact) mass is 448 g/mol. The molecule has 4 rings (SSSR count). The highest BCUT2D eigenvalue weighted by molar-refractivity contribution is 6.36. The summed E-state index contributed by atoms with van der Waals surface area (Å²) in [6.45, 7) is 2.88. The van der Waals surface area contributed by atoms with Crippen LogP contribution in [-0.4, -0.2) is 24.5 Å². The van der Waals surface area contributed by atoms with Crippen LogP contribution in [0.4, 0.5) is 10.1 Å². The average Bonchev–Trinajstić information content (AvgIpc) is 2.71. The van der Waals surface area contributed by atoms with Crippen LogP contribution in [0.3, 0.4) is 0 Å². The molecule has 0 saturated carbocycles. The van der Waals surface area contributed by atoms with Gasteiger partial charge in [0.2, 0.25) is 0 Å². The molecule has 0 bridgehead atoms. The highest BCUT2D eigenvalue weighted by Crippen LogP contribution is 2.37. The quantitative estimate of drug-likeness (QED) is 0.430. The minimum Gasteiger partial charge on any atom is -0.361 e. The van der Waals surface area contributed by atoms with Crippen LogP contribution in [-0.2, 0) is 6.54 Å². The molecule has 0 aromatic heterocycles. The molecule has 3 aromatic rings. The Morgan fingerprint density at radius 1 is 0.862 bits per heavy atom. The second kappa shape index (κ2) is 8.93. The minimum absolute atomic E-state index is 0.0615. The van der Waals surface area contributed by atoms with Crippen LogP contribution >= 0.6 is 34.8 Å². The molecule has 1 aliphatic rings. The third-order valence-corrected chi connectivity index (χ3v) is 6.08. The van der Waals surface area contributed by atoms with Gasteiger partial charge in [0.05, 0.1) is 16.8 Å². The summed E-state index contributed by atoms with van der Waals surface area (Å²) in [6, 6.07) is 20.5. The van der Waals surface area contributed by atoms with Crippen molar-refractivity contribution in [3.05, 3.63) is 98.7 Å². The van der Waals surface area contributed by atoms with Crippen molar-refractivity contribution >= 4 is 40.5 Å². The topological polar surface area (TPSA) is 6.48 Å². The molecule has 0 aliphatic carbocycles. The van der Waals surface area contributed by atoms with E-state index >= 15 is 0 Å². The van der Waals surface area contributed by atoms with E-state index in [0.717, 1.165) is 30.9 Å². The van der Waals surface area contributed by atoms with E-state index in [4.69, 9.17) is 34.8 Å². The molecule has 1 heterocycles. The van der Waals surface area contributed by atoms with E-state index in [1.54, 1.807) is 12.1 Å². The van der Waals surface area contributed by atoms with Crippen molar-refractivity contribution in [1.82, 2.24) is 4.90 Å². The van der Waals surface area contributed by atoms with Crippen LogP contribution in [0.5, 0.6) is 0 Å². The van der Waals surface area contributed by atoms with Crippen molar-refractivity contribution in [2.24, 2.45) is 0 Å². The molecule has 6 heteroatoms. The molecule has 3 aromatic carbocycles. The Morgan fingerprint density at radius 3 is 2.31 bits per heavy atom. The van der Waals surface area contributed by atoms with Gasteiger partial charge in [-0.3, -0.25) is 4.90 Å². The third-order valence-electron chi connectivity index (χ3n) is 5.29. The Labute approximate surface area is 185 Å². The van der Waals surface area contributed by atoms with Crippen LogP contribution in [0.15, 0.2) is 66.7 Å². The number of anilines is 1. The first-order valence-electron chi connectivity index (χ1n) is 9.44. The van der Waals surface area contributed by atoms with Gasteiger partial charge >= 0.3 is 0 Å². The predicted octanol–water partition coefficient (Wildman–Crippen LogP) is 6.85. The zero-order valence-corrected chi connectivity index (χ0v) is 17.9. The van der Waals surface area contributed by atoms with Gasteiger partial charge in [-0.2, -0.15) is 0 Å². The molecule has 0 amide bonds. The van der Waals surface area contributed by atoms with Gasteiger partial charge in [0.15, 0.2) is 0 Å². The lowest BCUT2D eigenvalue weighted by Crippen LogP contribution is -2.48. The summed E-state index contributed by atoms with van der Waals surface area (Å²) in [5.74, 6) is -0.168. The maximum Gasteiger partial charge on any atom is 0.127 e. The first-order valence-corrected chi connectivity index (χ1v) is 10.6. The lowest BCUT2D eigenvalue weighted by Gasteiger charge is -2.43. The second-order valence-electron chi connectivity index (χ2n) is 7.18. The van der Waals surface area contributed by atoms with Crippen LogP contribution in [0.1, 0.15) is 17.2 Å². The van der Waals surface area contributed by atoms with Gasteiger partial charge in [0, 0.05) is 41.8 Å². The summed E-state index contributed by atoms with van der Waals surface area (Å²) in [7, 11) is 0. The molecule has 150 valence electrons. The second-order valence-corrected chi connectivity index (χ2v) is 8.46. The smallest absolute Gasteiger partial charge is 0.127 e. The van der Waals surface area contributed by atoms with Crippen molar-refractivity contribution in [2.75, 3.05) is 24.5 Å². The Hall–Kier alpha value is -1.78. The number of nitrogens with zero attached hydrogens (tertiary/aromatic N) is 2. The van der Waals surface area contributed by atoms with Gasteiger partial charge in [-0.25, -0.2) is 4.39 Å². The van der Waals surface area contributed by atoms with Gasteiger partial charge in [-0.05, 0) is 42.0 Å². The summed E-state index contributed by atoms with van der Waals surface area (Å²) in [4.78, 5) is 4.57. The Kier molecular flexibility index (Phi) is 6.31. The summed E-state index contributed by atoms with van der Waals surface area (Å²) < 4.78 is 14.2. The van der Waals surface area contributed by atoms with E-state index < -0.39 is 0 Å². The number of rotatable bonds is 4. The number of benzene rings is 3. The van der Waals surface area contributed by atoms with Crippen LogP contribution < -0.4 is 4.90 Å². The van der Waals surface area contributed by atoms with E-state index in [1.165, 1.54) is 6.07 Å². The van der Waals surface area contributed by atoms with E-state index in [-0.39, 0.29) is 11.9 Å². The standard InChI is InChI=1S/C23H20Cl3FN2/c24-18-7-5-16(6-8-18)23-15-28(14-17-3-1-2-4-21(17)27)11-12-29(23)22-10-9-19(25)13-20(22)26/h1-10,13,23H,11-12,14-15H2. The lowest BCUT2D eigenvalue weighted by molar-refractivity contribution is 0.213. The number of piperazine rings is 1. The fraction of sp³-hybridized carbons (Fsp3) is 0.217. The maximum atomic E-state index is 14.2. The molecule has 1 aliphatic heterocycles. The summed E-state index contributed by atoms with van der Waals surface area (Å²) in [6.07, 6.45) is 0. The molecule has 1 fully saturated rings. The Morgan fingerprint density at radius 2 is 1.59 bits per heavy atom. The molecule has 0 radical (unpaired) electrons. The van der Waals surface area contributed by atoms with Crippen molar-refractivity contribution in [3.63, 3.8) is 0 Å². The zero-order valence-electron chi connectivity index (χ0n) is 15.7. The first-order chi connectivity index (χ1) is 14.0. The SMILES string of the molecule is Fc1ccccc1CN1CCN(c2ccc(Cl)cc2Cl)C(c2ccc(Cl)cc2)C1. The third kappa shape index (κ3) is 4.70. The number of hydrogen-bond acceptors (Lipinski definition) is 2. The van der Waals surface area contributed by atoms with Crippen molar-refractivity contribution in [1.29, 1.82) is 0 Å². The lowest BCUT2D eigenvalue weighted by atomic mass is 10.0. The largest absolute Gasteiger partial charge is 0.361 e. The van der Waals surface area contributed by atoms with E-state index in [0.29, 0.717) is 27.2 Å². The van der Waals surface area contributed by atoms with Crippen molar-refractivity contribution < 1.29 is 4.39 Å². The minimum atomic E-state index is -0.168. The molecule has 29 heavy (non-hydrogen) atoms. The summed E-state index contributed by atoms with van der Waals surface area (Å²) >= 11 is 18.7. The Bertz CT molecular complexity index is 994. The molecule has 0 spiro atoms. The highest BCUT2D eigenvalue weighted by atomic mass is 35.5. The fourth-order valence-electron chi connectivity index (χ4n) is 3.82. The van der Waals surface area contributed by atoms with Crippen molar-refractivity contribution in [3.8, 4) is 0 Å². The molecule has 0 N–H and O–H groups in total. The first kappa shape index (κ1) is 20.5. The number of halogens is 4. The van der Waals surface area contributed by atoms with E-state index in [2.05, 4.69) is 9.80 Å². The van der Waals surface area contributed by atoms with Crippen LogP contribution in [0.2, 0.25) is 15.1 Å². The van der Waals surface area contributed by atoms with Crippen LogP contribution in [0.25, 0.3) is 0 Å². The molecular formula is C23H20Cl3FN2. The van der Waals surface area contributed by atoms with Gasteiger partial charge in [0.25, 0.3) is 0 Å². The normalized spacial score (nSPS) is 17.5. The average molecular weight is 450 g/mol. The van der Waals surface area contributed by atoms with Gasteiger partial charge in [0.1, 0.15) is 5.82 Å². The molecule has 2 nitrogen and oxygen atoms in total. The fourth-order valence-corrected chi connectivity index (χ4v) is 4.47. The number of hydrogen-bond donors (Lipinski definition) is 0. The highest BCUT2D eigenvalue weighted by Gasteiger charge is 2.30. The predicted molar refractivity (Wildman–Crippen MR) is 120 cm³/mol. The molecule has 1 atom stereocenters. The molecule has 1 unspecified atom stereocenters. The van der Waals surface area contributed by atoms with Gasteiger partial charge in [-0.1, -0.05) is 65.1 Å². The zero-order chi connectivity index (χ0) is 20.4.